The average molecular weight is 255 g/mol. The summed E-state index contributed by atoms with van der Waals surface area (Å²) in [7, 11) is 0. The summed E-state index contributed by atoms with van der Waals surface area (Å²) in [4.78, 5) is 0. The van der Waals surface area contributed by atoms with Gasteiger partial charge in [0.1, 0.15) is 5.75 Å². The molecule has 1 aromatic rings. The predicted molar refractivity (Wildman–Crippen MR) is 50.7 cm³/mol. The van der Waals surface area contributed by atoms with E-state index >= 15 is 0 Å². The van der Waals surface area contributed by atoms with Crippen LogP contribution in [0.5, 0.6) is 5.75 Å². The largest absolute Gasteiger partial charge is 0.434 e. The van der Waals surface area contributed by atoms with E-state index in [0.29, 0.717) is 0 Å². The molecule has 7 heteroatoms. The van der Waals surface area contributed by atoms with Gasteiger partial charge in [-0.15, -0.1) is 0 Å². The Morgan fingerprint density at radius 3 is 2.29 bits per heavy atom. The Balaban J connectivity index is 2.88. The summed E-state index contributed by atoms with van der Waals surface area (Å²) in [6.07, 6.45) is -5.76. The molecular formula is C10H10F5NO. The number of hydrogen-bond donors (Lipinski definition) is 1. The van der Waals surface area contributed by atoms with Crippen LogP contribution in [0.1, 0.15) is 18.0 Å². The van der Waals surface area contributed by atoms with Crippen molar-refractivity contribution in [1.29, 1.82) is 0 Å². The number of para-hydroxylation sites is 1. The number of ether oxygens (including phenoxy) is 1. The first-order valence-corrected chi connectivity index (χ1v) is 4.65. The molecular weight excluding hydrogens is 245 g/mol. The van der Waals surface area contributed by atoms with Crippen LogP contribution in [0.4, 0.5) is 22.0 Å². The van der Waals surface area contributed by atoms with E-state index < -0.39 is 25.3 Å². The van der Waals surface area contributed by atoms with Gasteiger partial charge in [-0.3, -0.25) is 0 Å². The second kappa shape index (κ2) is 5.31. The van der Waals surface area contributed by atoms with Gasteiger partial charge in [0.05, 0.1) is 6.42 Å². The number of alkyl halides is 5. The summed E-state index contributed by atoms with van der Waals surface area (Å²) in [5.41, 5.74) is 5.22. The lowest BCUT2D eigenvalue weighted by atomic mass is 10.0. The highest BCUT2D eigenvalue weighted by Crippen LogP contribution is 2.32. The third-order valence-corrected chi connectivity index (χ3v) is 1.99. The van der Waals surface area contributed by atoms with E-state index in [9.17, 15) is 22.0 Å². The van der Waals surface area contributed by atoms with E-state index in [1.165, 1.54) is 18.2 Å². The maximum Gasteiger partial charge on any atom is 0.390 e. The molecule has 0 unspecified atom stereocenters. The Morgan fingerprint density at radius 2 is 1.76 bits per heavy atom. The number of nitrogens with two attached hydrogens (primary N) is 1. The number of halogens is 5. The molecule has 0 radical (unpaired) electrons. The Bertz CT molecular complexity index is 366. The van der Waals surface area contributed by atoms with Crippen molar-refractivity contribution in [2.45, 2.75) is 25.3 Å². The molecule has 1 rings (SSSR count). The molecule has 1 atom stereocenters. The van der Waals surface area contributed by atoms with Gasteiger partial charge in [0.25, 0.3) is 0 Å². The summed E-state index contributed by atoms with van der Waals surface area (Å²) in [6, 6.07) is 3.74. The van der Waals surface area contributed by atoms with Crippen molar-refractivity contribution in [3.05, 3.63) is 29.8 Å². The van der Waals surface area contributed by atoms with Crippen LogP contribution < -0.4 is 10.5 Å². The second-order valence-electron chi connectivity index (χ2n) is 3.34. The van der Waals surface area contributed by atoms with E-state index in [1.807, 2.05) is 0 Å². The number of rotatable bonds is 4. The fraction of sp³-hybridized carbons (Fsp3) is 0.400. The van der Waals surface area contributed by atoms with Gasteiger partial charge < -0.3 is 10.5 Å². The Hall–Kier alpha value is -1.37. The van der Waals surface area contributed by atoms with E-state index in [1.54, 1.807) is 0 Å². The van der Waals surface area contributed by atoms with E-state index in [0.717, 1.165) is 6.07 Å². The topological polar surface area (TPSA) is 35.2 Å². The molecule has 0 spiro atoms. The molecule has 0 aliphatic heterocycles. The Labute approximate surface area is 94.2 Å². The third-order valence-electron chi connectivity index (χ3n) is 1.99. The highest BCUT2D eigenvalue weighted by Gasteiger charge is 2.32. The van der Waals surface area contributed by atoms with Crippen molar-refractivity contribution >= 4 is 0 Å². The third kappa shape index (κ3) is 4.56. The van der Waals surface area contributed by atoms with Crippen molar-refractivity contribution in [2.24, 2.45) is 5.73 Å². The molecule has 0 heterocycles. The minimum absolute atomic E-state index is 0.0925. The van der Waals surface area contributed by atoms with Crippen molar-refractivity contribution in [1.82, 2.24) is 0 Å². The zero-order valence-corrected chi connectivity index (χ0v) is 8.55. The van der Waals surface area contributed by atoms with Gasteiger partial charge in [-0.05, 0) is 6.07 Å². The van der Waals surface area contributed by atoms with Crippen LogP contribution >= 0.6 is 0 Å². The molecule has 0 amide bonds. The van der Waals surface area contributed by atoms with Crippen LogP contribution in [0.2, 0.25) is 0 Å². The molecule has 1 aromatic carbocycles. The van der Waals surface area contributed by atoms with Crippen LogP contribution in [0, 0.1) is 0 Å². The summed E-state index contributed by atoms with van der Waals surface area (Å²) in [5, 5.41) is 0. The van der Waals surface area contributed by atoms with E-state index in [2.05, 4.69) is 4.74 Å². The van der Waals surface area contributed by atoms with Gasteiger partial charge >= 0.3 is 12.8 Å². The van der Waals surface area contributed by atoms with Gasteiger partial charge in [0.2, 0.25) is 0 Å². The lowest BCUT2D eigenvalue weighted by molar-refractivity contribution is -0.138. The van der Waals surface area contributed by atoms with Crippen LogP contribution in [0.15, 0.2) is 24.3 Å². The summed E-state index contributed by atoms with van der Waals surface area (Å²) in [5.74, 6) is -0.334. The quantitative estimate of drug-likeness (QED) is 0.838. The van der Waals surface area contributed by atoms with Crippen LogP contribution in [0.3, 0.4) is 0 Å². The molecule has 0 saturated carbocycles. The van der Waals surface area contributed by atoms with Crippen LogP contribution in [-0.2, 0) is 0 Å². The fourth-order valence-corrected chi connectivity index (χ4v) is 1.35. The second-order valence-corrected chi connectivity index (χ2v) is 3.34. The van der Waals surface area contributed by atoms with Gasteiger partial charge in [-0.25, -0.2) is 0 Å². The van der Waals surface area contributed by atoms with Gasteiger partial charge in [-0.2, -0.15) is 22.0 Å². The molecule has 2 nitrogen and oxygen atoms in total. The van der Waals surface area contributed by atoms with E-state index in [-0.39, 0.29) is 11.3 Å². The van der Waals surface area contributed by atoms with Crippen molar-refractivity contribution in [2.75, 3.05) is 0 Å². The fourth-order valence-electron chi connectivity index (χ4n) is 1.35. The molecule has 0 aliphatic carbocycles. The SMILES string of the molecule is N[C@@H](CC(F)(F)F)c1ccccc1OC(F)F. The number of benzene rings is 1. The van der Waals surface area contributed by atoms with Crippen molar-refractivity contribution in [3.8, 4) is 5.75 Å². The zero-order valence-electron chi connectivity index (χ0n) is 8.55. The maximum atomic E-state index is 12.1. The zero-order chi connectivity index (χ0) is 13.1. The predicted octanol–water partition coefficient (Wildman–Crippen LogP) is 3.24. The van der Waals surface area contributed by atoms with Gasteiger partial charge in [0, 0.05) is 11.6 Å². The summed E-state index contributed by atoms with van der Waals surface area (Å²) >= 11 is 0. The molecule has 0 bridgehead atoms. The Morgan fingerprint density at radius 1 is 1.18 bits per heavy atom. The molecule has 17 heavy (non-hydrogen) atoms. The first-order valence-electron chi connectivity index (χ1n) is 4.65. The van der Waals surface area contributed by atoms with Crippen LogP contribution in [-0.4, -0.2) is 12.8 Å². The lowest BCUT2D eigenvalue weighted by Crippen LogP contribution is -2.21. The highest BCUT2D eigenvalue weighted by molar-refractivity contribution is 5.35. The number of hydrogen-bond acceptors (Lipinski definition) is 2. The molecule has 96 valence electrons. The molecule has 0 aromatic heterocycles. The molecule has 0 fully saturated rings. The van der Waals surface area contributed by atoms with Gasteiger partial charge in [-0.1, -0.05) is 18.2 Å². The minimum Gasteiger partial charge on any atom is -0.434 e. The van der Waals surface area contributed by atoms with Crippen molar-refractivity contribution in [3.63, 3.8) is 0 Å². The Kier molecular flexibility index (Phi) is 4.28. The highest BCUT2D eigenvalue weighted by atomic mass is 19.4. The average Bonchev–Trinajstić information content (AvgIpc) is 2.14. The van der Waals surface area contributed by atoms with Gasteiger partial charge in [0.15, 0.2) is 0 Å². The lowest BCUT2D eigenvalue weighted by Gasteiger charge is -2.17. The van der Waals surface area contributed by atoms with E-state index in [4.69, 9.17) is 5.73 Å². The molecule has 0 saturated heterocycles. The normalized spacial score (nSPS) is 13.8. The van der Waals surface area contributed by atoms with Crippen molar-refractivity contribution < 1.29 is 26.7 Å². The molecule has 0 aliphatic rings. The summed E-state index contributed by atoms with van der Waals surface area (Å²) in [6.45, 7) is -3.10. The minimum atomic E-state index is -4.46. The first kappa shape index (κ1) is 13.7. The van der Waals surface area contributed by atoms with Crippen LogP contribution in [0.25, 0.3) is 0 Å². The monoisotopic (exact) mass is 255 g/mol. The summed E-state index contributed by atoms with van der Waals surface area (Å²) < 4.78 is 64.5. The first-order chi connectivity index (χ1) is 7.79. The smallest absolute Gasteiger partial charge is 0.390 e. The standard InChI is InChI=1S/C10H10F5NO/c11-9(12)17-8-4-2-1-3-6(8)7(16)5-10(13,14)15/h1-4,7,9H,5,16H2/t7-/m0/s1. The molecule has 2 N–H and O–H groups in total. The maximum absolute atomic E-state index is 12.1.